The van der Waals surface area contributed by atoms with E-state index >= 15 is 0 Å². The van der Waals surface area contributed by atoms with Crippen LogP contribution in [0.3, 0.4) is 0 Å². The van der Waals surface area contributed by atoms with Crippen molar-refractivity contribution in [2.75, 3.05) is 16.5 Å². The van der Waals surface area contributed by atoms with Crippen LogP contribution in [0.4, 0.5) is 16.5 Å². The lowest BCUT2D eigenvalue weighted by atomic mass is 10.2. The van der Waals surface area contributed by atoms with Crippen molar-refractivity contribution >= 4 is 56.4 Å². The molecule has 5 aromatic rings. The van der Waals surface area contributed by atoms with Crippen LogP contribution in [-0.4, -0.2) is 30.1 Å². The van der Waals surface area contributed by atoms with E-state index in [0.717, 1.165) is 47.5 Å². The second-order valence-corrected chi connectivity index (χ2v) is 9.48. The summed E-state index contributed by atoms with van der Waals surface area (Å²) < 4.78 is 3.67. The highest BCUT2D eigenvalue weighted by atomic mass is 35.5. The van der Waals surface area contributed by atoms with Crippen molar-refractivity contribution in [1.29, 1.82) is 0 Å². The molecule has 0 fully saturated rings. The summed E-state index contributed by atoms with van der Waals surface area (Å²) in [5, 5.41) is 7.21. The molecule has 0 atom stereocenters. The molecule has 0 aliphatic rings. The van der Waals surface area contributed by atoms with Gasteiger partial charge in [0.05, 0.1) is 34.3 Å². The Balaban J connectivity index is 1.26. The standard InChI is InChI=1S/C24H23ClN8OS/c1-15-4-2-5-17(25)22(15)31-23(34)20-13-28-24(35-20)29-16-7-8-19-18(12-16)30-21(33(19)26)6-3-10-32-11-9-27-14-32/h2,4-5,7-9,11-14H,3,6,10,26H2,1H3,(H,28,29)(H,31,34). The minimum atomic E-state index is -0.260. The molecule has 0 aliphatic heterocycles. The topological polar surface area (TPSA) is 116 Å². The lowest BCUT2D eigenvalue weighted by molar-refractivity contribution is 0.103. The van der Waals surface area contributed by atoms with Crippen LogP contribution in [0.2, 0.25) is 5.02 Å². The number of aryl methyl sites for hydroxylation is 3. The molecular formula is C24H23ClN8OS. The summed E-state index contributed by atoms with van der Waals surface area (Å²) in [4.78, 5) is 26.3. The molecule has 0 spiro atoms. The highest BCUT2D eigenvalue weighted by molar-refractivity contribution is 7.17. The van der Waals surface area contributed by atoms with E-state index in [1.54, 1.807) is 29.5 Å². The first-order valence-electron chi connectivity index (χ1n) is 11.0. The normalized spacial score (nSPS) is 11.1. The van der Waals surface area contributed by atoms with Crippen LogP contribution in [0.1, 0.15) is 27.5 Å². The van der Waals surface area contributed by atoms with Gasteiger partial charge in [-0.05, 0) is 43.2 Å². The number of carbonyl (C=O) groups excluding carboxylic acids is 1. The highest BCUT2D eigenvalue weighted by Crippen LogP contribution is 2.29. The number of imidazole rings is 2. The van der Waals surface area contributed by atoms with E-state index in [9.17, 15) is 4.79 Å². The average molecular weight is 507 g/mol. The van der Waals surface area contributed by atoms with Gasteiger partial charge in [0.2, 0.25) is 0 Å². The van der Waals surface area contributed by atoms with Gasteiger partial charge < -0.3 is 21.0 Å². The molecular weight excluding hydrogens is 484 g/mol. The van der Waals surface area contributed by atoms with Gasteiger partial charge in [-0.25, -0.2) is 19.6 Å². The minimum Gasteiger partial charge on any atom is -0.337 e. The van der Waals surface area contributed by atoms with Crippen molar-refractivity contribution in [3.63, 3.8) is 0 Å². The van der Waals surface area contributed by atoms with Gasteiger partial charge in [0.25, 0.3) is 5.91 Å². The van der Waals surface area contributed by atoms with Crippen LogP contribution in [-0.2, 0) is 13.0 Å². The van der Waals surface area contributed by atoms with Crippen LogP contribution >= 0.6 is 22.9 Å². The minimum absolute atomic E-state index is 0.260. The largest absolute Gasteiger partial charge is 0.337 e. The molecule has 3 heterocycles. The van der Waals surface area contributed by atoms with E-state index in [1.165, 1.54) is 11.3 Å². The molecule has 0 unspecified atom stereocenters. The van der Waals surface area contributed by atoms with Crippen LogP contribution in [0, 0.1) is 6.92 Å². The van der Waals surface area contributed by atoms with Crippen LogP contribution in [0.15, 0.2) is 61.3 Å². The third kappa shape index (κ3) is 4.98. The van der Waals surface area contributed by atoms with E-state index in [1.807, 2.05) is 48.0 Å². The summed E-state index contributed by atoms with van der Waals surface area (Å²) in [5.74, 6) is 6.83. The molecule has 35 heavy (non-hydrogen) atoms. The van der Waals surface area contributed by atoms with Gasteiger partial charge in [0.1, 0.15) is 10.7 Å². The second kappa shape index (κ2) is 9.77. The third-order valence-corrected chi connectivity index (χ3v) is 6.81. The lowest BCUT2D eigenvalue weighted by Crippen LogP contribution is -2.13. The molecule has 5 rings (SSSR count). The molecule has 2 aromatic carbocycles. The summed E-state index contributed by atoms with van der Waals surface area (Å²) in [7, 11) is 0. The molecule has 0 radical (unpaired) electrons. The molecule has 0 saturated carbocycles. The Bertz CT molecular complexity index is 1470. The fraction of sp³-hybridized carbons (Fsp3) is 0.167. The van der Waals surface area contributed by atoms with E-state index < -0.39 is 0 Å². The Kier molecular flexibility index (Phi) is 6.39. The van der Waals surface area contributed by atoms with Gasteiger partial charge >= 0.3 is 0 Å². The SMILES string of the molecule is Cc1cccc(Cl)c1NC(=O)c1cnc(Nc2ccc3c(c2)nc(CCCn2ccnc2)n3N)s1. The first-order valence-corrected chi connectivity index (χ1v) is 12.2. The predicted octanol–water partition coefficient (Wildman–Crippen LogP) is 4.99. The van der Waals surface area contributed by atoms with Crippen LogP contribution < -0.4 is 16.5 Å². The zero-order valence-electron chi connectivity index (χ0n) is 18.9. The maximum absolute atomic E-state index is 12.7. The molecule has 3 aromatic heterocycles. The number of aromatic nitrogens is 5. The molecule has 0 aliphatic carbocycles. The van der Waals surface area contributed by atoms with Crippen molar-refractivity contribution < 1.29 is 4.79 Å². The molecule has 9 nitrogen and oxygen atoms in total. The van der Waals surface area contributed by atoms with E-state index in [-0.39, 0.29) is 5.91 Å². The quantitative estimate of drug-likeness (QED) is 0.255. The third-order valence-electron chi connectivity index (χ3n) is 5.58. The number of halogens is 1. The van der Waals surface area contributed by atoms with Crippen molar-refractivity contribution in [1.82, 2.24) is 24.2 Å². The maximum Gasteiger partial charge on any atom is 0.267 e. The van der Waals surface area contributed by atoms with Gasteiger partial charge in [-0.1, -0.05) is 35.1 Å². The number of nitrogens with one attached hydrogen (secondary N) is 2. The Labute approximate surface area is 210 Å². The zero-order valence-corrected chi connectivity index (χ0v) is 20.5. The summed E-state index contributed by atoms with van der Waals surface area (Å²) in [6.07, 6.45) is 8.70. The Morgan fingerprint density at radius 1 is 1.26 bits per heavy atom. The van der Waals surface area contributed by atoms with E-state index in [2.05, 4.69) is 20.6 Å². The number of hydrogen-bond donors (Lipinski definition) is 3. The molecule has 178 valence electrons. The van der Waals surface area contributed by atoms with Crippen molar-refractivity contribution in [3.05, 3.63) is 82.6 Å². The van der Waals surface area contributed by atoms with Crippen LogP contribution in [0.25, 0.3) is 11.0 Å². The van der Waals surface area contributed by atoms with Crippen molar-refractivity contribution in [2.45, 2.75) is 26.3 Å². The lowest BCUT2D eigenvalue weighted by Gasteiger charge is -2.08. The fourth-order valence-corrected chi connectivity index (χ4v) is 4.77. The number of para-hydroxylation sites is 1. The maximum atomic E-state index is 12.7. The summed E-state index contributed by atoms with van der Waals surface area (Å²) in [5.41, 5.74) is 3.94. The number of benzene rings is 2. The number of thiazole rings is 1. The number of fused-ring (bicyclic) bond motifs is 1. The van der Waals surface area contributed by atoms with Crippen molar-refractivity contribution in [3.8, 4) is 0 Å². The van der Waals surface area contributed by atoms with Gasteiger partial charge in [-0.3, -0.25) is 4.79 Å². The van der Waals surface area contributed by atoms with Gasteiger partial charge in [0, 0.05) is 31.0 Å². The molecule has 0 bridgehead atoms. The summed E-state index contributed by atoms with van der Waals surface area (Å²) >= 11 is 7.48. The van der Waals surface area contributed by atoms with Gasteiger partial charge in [-0.2, -0.15) is 0 Å². The number of amides is 1. The number of carbonyl (C=O) groups is 1. The first-order chi connectivity index (χ1) is 17.0. The van der Waals surface area contributed by atoms with E-state index in [4.69, 9.17) is 22.4 Å². The number of rotatable bonds is 8. The number of hydrogen-bond acceptors (Lipinski definition) is 7. The van der Waals surface area contributed by atoms with Crippen molar-refractivity contribution in [2.24, 2.45) is 0 Å². The molecule has 11 heteroatoms. The second-order valence-electron chi connectivity index (χ2n) is 8.05. The highest BCUT2D eigenvalue weighted by Gasteiger charge is 2.15. The Hall–Kier alpha value is -3.89. The molecule has 1 amide bonds. The van der Waals surface area contributed by atoms with Gasteiger partial charge in [-0.15, -0.1) is 0 Å². The average Bonchev–Trinajstić information content (AvgIpc) is 3.58. The number of nitrogen functional groups attached to an aromatic ring is 1. The van der Waals surface area contributed by atoms with Gasteiger partial charge in [0.15, 0.2) is 5.13 Å². The Morgan fingerprint density at radius 3 is 2.94 bits per heavy atom. The summed E-state index contributed by atoms with van der Waals surface area (Å²) in [6, 6.07) is 11.2. The monoisotopic (exact) mass is 506 g/mol. The molecule has 0 saturated heterocycles. The fourth-order valence-electron chi connectivity index (χ4n) is 3.77. The number of anilines is 3. The first kappa shape index (κ1) is 22.9. The summed E-state index contributed by atoms with van der Waals surface area (Å²) in [6.45, 7) is 2.75. The molecule has 4 N–H and O–H groups in total. The Morgan fingerprint density at radius 2 is 2.14 bits per heavy atom. The smallest absolute Gasteiger partial charge is 0.267 e. The number of nitrogens with two attached hydrogens (primary N) is 1. The van der Waals surface area contributed by atoms with E-state index in [0.29, 0.717) is 20.7 Å². The number of nitrogens with zero attached hydrogens (tertiary/aromatic N) is 5. The zero-order chi connectivity index (χ0) is 24.4. The predicted molar refractivity (Wildman–Crippen MR) is 140 cm³/mol. The van der Waals surface area contributed by atoms with Crippen LogP contribution in [0.5, 0.6) is 0 Å².